The molecule has 0 aromatic heterocycles. The third kappa shape index (κ3) is 5.74. The summed E-state index contributed by atoms with van der Waals surface area (Å²) in [5.74, 6) is 0. The van der Waals surface area contributed by atoms with Crippen molar-refractivity contribution in [3.8, 4) is 0 Å². The molecule has 1 fully saturated rings. The number of likely N-dealkylation sites (tertiary alicyclic amines) is 1. The maximum Gasteiger partial charge on any atom is 0.280 e. The molecular weight excluding hydrogens is 388 g/mol. The molecule has 0 aliphatic carbocycles. The summed E-state index contributed by atoms with van der Waals surface area (Å²) in [5.41, 5.74) is 3.57. The Morgan fingerprint density at radius 1 is 0.833 bits per heavy atom. The van der Waals surface area contributed by atoms with Gasteiger partial charge in [0.2, 0.25) is 0 Å². The number of hydrogen-bond acceptors (Lipinski definition) is 3. The van der Waals surface area contributed by atoms with E-state index in [0.717, 1.165) is 43.6 Å². The van der Waals surface area contributed by atoms with Gasteiger partial charge >= 0.3 is 0 Å². The molecule has 0 atom stereocenters. The second kappa shape index (κ2) is 10.5. The van der Waals surface area contributed by atoms with E-state index in [1.165, 1.54) is 17.3 Å². The molecule has 0 spiro atoms. The number of thioether (sulfide) groups is 1. The van der Waals surface area contributed by atoms with E-state index in [1.54, 1.807) is 0 Å². The molecule has 1 N–H and O–H groups in total. The van der Waals surface area contributed by atoms with Gasteiger partial charge in [-0.25, -0.2) is 0 Å². The lowest BCUT2D eigenvalue weighted by Gasteiger charge is -2.31. The van der Waals surface area contributed by atoms with E-state index in [9.17, 15) is 4.79 Å². The lowest BCUT2D eigenvalue weighted by atomic mass is 9.99. The first-order valence-electron chi connectivity index (χ1n) is 10.6. The fraction of sp³-hybridized carbons (Fsp3) is 0.269. The van der Waals surface area contributed by atoms with Crippen molar-refractivity contribution in [2.45, 2.75) is 30.7 Å². The van der Waals surface area contributed by atoms with Crippen LogP contribution in [0.3, 0.4) is 0 Å². The van der Waals surface area contributed by atoms with Crippen LogP contribution in [0.5, 0.6) is 0 Å². The topological polar surface area (TPSA) is 32.3 Å². The predicted octanol–water partition coefficient (Wildman–Crippen LogP) is 5.88. The van der Waals surface area contributed by atoms with Gasteiger partial charge in [0.1, 0.15) is 0 Å². The van der Waals surface area contributed by atoms with Gasteiger partial charge in [0, 0.05) is 11.8 Å². The molecule has 4 rings (SSSR count). The number of benzene rings is 3. The Hall–Kier alpha value is -2.56. The van der Waals surface area contributed by atoms with Gasteiger partial charge in [-0.15, -0.1) is 0 Å². The summed E-state index contributed by atoms with van der Waals surface area (Å²) < 4.78 is 0. The maximum absolute atomic E-state index is 12.9. The Morgan fingerprint density at radius 3 is 1.87 bits per heavy atom. The van der Waals surface area contributed by atoms with Crippen LogP contribution in [0, 0.1) is 0 Å². The monoisotopic (exact) mass is 416 g/mol. The fourth-order valence-corrected chi connectivity index (χ4v) is 4.92. The molecule has 3 nitrogen and oxygen atoms in total. The van der Waals surface area contributed by atoms with Gasteiger partial charge in [-0.3, -0.25) is 9.69 Å². The van der Waals surface area contributed by atoms with Crippen LogP contribution in [0.2, 0.25) is 0 Å². The Balaban J connectivity index is 1.32. The number of nitrogens with one attached hydrogen (secondary N) is 1. The van der Waals surface area contributed by atoms with E-state index in [4.69, 9.17) is 0 Å². The van der Waals surface area contributed by atoms with Crippen LogP contribution in [0.25, 0.3) is 0 Å². The van der Waals surface area contributed by atoms with Crippen molar-refractivity contribution in [2.75, 3.05) is 13.1 Å². The summed E-state index contributed by atoms with van der Waals surface area (Å²) >= 11 is 1.47. The van der Waals surface area contributed by atoms with Crippen LogP contribution < -0.4 is 5.32 Å². The number of carbonyl (C=O) groups excluding carboxylic acids is 1. The van der Waals surface area contributed by atoms with Gasteiger partial charge in [-0.05, 0) is 42.6 Å². The van der Waals surface area contributed by atoms with Crippen molar-refractivity contribution in [1.82, 2.24) is 10.2 Å². The van der Waals surface area contributed by atoms with E-state index < -0.39 is 0 Å². The molecule has 1 heterocycles. The smallest absolute Gasteiger partial charge is 0.280 e. The summed E-state index contributed by atoms with van der Waals surface area (Å²) in [6.07, 6.45) is 2.10. The molecule has 3 aromatic rings. The predicted molar refractivity (Wildman–Crippen MR) is 126 cm³/mol. The number of rotatable bonds is 6. The van der Waals surface area contributed by atoms with Gasteiger partial charge < -0.3 is 5.32 Å². The summed E-state index contributed by atoms with van der Waals surface area (Å²) in [7, 11) is 0. The van der Waals surface area contributed by atoms with Gasteiger partial charge in [-0.2, -0.15) is 0 Å². The molecular formula is C26H28N2OS. The van der Waals surface area contributed by atoms with Crippen LogP contribution in [-0.4, -0.2) is 28.5 Å². The second-order valence-electron chi connectivity index (χ2n) is 7.77. The number of nitrogens with zero attached hydrogens (tertiary/aromatic N) is 1. The quantitative estimate of drug-likeness (QED) is 0.544. The zero-order chi connectivity index (χ0) is 20.6. The highest BCUT2D eigenvalue weighted by Gasteiger charge is 2.24. The summed E-state index contributed by atoms with van der Waals surface area (Å²) in [6.45, 7) is 3.08. The van der Waals surface area contributed by atoms with E-state index in [-0.39, 0.29) is 11.3 Å². The van der Waals surface area contributed by atoms with Gasteiger partial charge in [-0.1, -0.05) is 103 Å². The highest BCUT2D eigenvalue weighted by Crippen LogP contribution is 2.28. The first-order chi connectivity index (χ1) is 14.8. The van der Waals surface area contributed by atoms with Crippen LogP contribution in [-0.2, 0) is 6.54 Å². The molecule has 1 aliphatic rings. The third-order valence-electron chi connectivity index (χ3n) is 5.59. The van der Waals surface area contributed by atoms with Crippen LogP contribution in [0.1, 0.15) is 35.6 Å². The minimum absolute atomic E-state index is 0.0641. The van der Waals surface area contributed by atoms with Gasteiger partial charge in [0.15, 0.2) is 0 Å². The standard InChI is InChI=1S/C26H28N2OS/c29-26(27-25(22-12-6-2-7-13-22)23-14-8-3-9-15-23)30-24-16-18-28(19-17-24)20-21-10-4-1-5-11-21/h1-15,24-25H,16-20H2,(H,27,29). The van der Waals surface area contributed by atoms with Crippen molar-refractivity contribution in [2.24, 2.45) is 0 Å². The Kier molecular flexibility index (Phi) is 7.22. The average Bonchev–Trinajstić information content (AvgIpc) is 2.81. The summed E-state index contributed by atoms with van der Waals surface area (Å²) in [5, 5.41) is 3.70. The number of carbonyl (C=O) groups is 1. The van der Waals surface area contributed by atoms with Gasteiger partial charge in [0.05, 0.1) is 6.04 Å². The molecule has 154 valence electrons. The molecule has 1 amide bonds. The zero-order valence-corrected chi connectivity index (χ0v) is 17.9. The maximum atomic E-state index is 12.9. The molecule has 30 heavy (non-hydrogen) atoms. The molecule has 4 heteroatoms. The zero-order valence-electron chi connectivity index (χ0n) is 17.1. The molecule has 0 unspecified atom stereocenters. The van der Waals surface area contributed by atoms with Crippen molar-refractivity contribution >= 4 is 17.0 Å². The van der Waals surface area contributed by atoms with Crippen molar-refractivity contribution < 1.29 is 4.79 Å². The van der Waals surface area contributed by atoms with E-state index in [2.05, 4.69) is 64.8 Å². The van der Waals surface area contributed by atoms with Crippen LogP contribution in [0.4, 0.5) is 4.79 Å². The number of piperidine rings is 1. The highest BCUT2D eigenvalue weighted by atomic mass is 32.2. The molecule has 0 bridgehead atoms. The SMILES string of the molecule is O=C(NC(c1ccccc1)c1ccccc1)SC1CCN(Cc2ccccc2)CC1. The van der Waals surface area contributed by atoms with E-state index in [0.29, 0.717) is 5.25 Å². The molecule has 0 saturated carbocycles. The van der Waals surface area contributed by atoms with Crippen molar-refractivity contribution in [3.63, 3.8) is 0 Å². The van der Waals surface area contributed by atoms with E-state index in [1.807, 2.05) is 36.4 Å². The minimum Gasteiger partial charge on any atom is -0.336 e. The fourth-order valence-electron chi connectivity index (χ4n) is 3.98. The average molecular weight is 417 g/mol. The van der Waals surface area contributed by atoms with Crippen LogP contribution >= 0.6 is 11.8 Å². The third-order valence-corrected chi connectivity index (χ3v) is 6.72. The summed E-state index contributed by atoms with van der Waals surface area (Å²) in [6, 6.07) is 30.9. The molecule has 3 aromatic carbocycles. The summed E-state index contributed by atoms with van der Waals surface area (Å²) in [4.78, 5) is 15.4. The molecule has 1 saturated heterocycles. The van der Waals surface area contributed by atoms with Crippen LogP contribution in [0.15, 0.2) is 91.0 Å². The Morgan fingerprint density at radius 2 is 1.33 bits per heavy atom. The van der Waals surface area contributed by atoms with Crippen molar-refractivity contribution in [3.05, 3.63) is 108 Å². The Bertz CT molecular complexity index is 870. The van der Waals surface area contributed by atoms with E-state index >= 15 is 0 Å². The molecule has 0 radical (unpaired) electrons. The largest absolute Gasteiger partial charge is 0.336 e. The Labute approximate surface area is 183 Å². The lowest BCUT2D eigenvalue weighted by molar-refractivity contribution is 0.224. The molecule has 1 aliphatic heterocycles. The number of hydrogen-bond donors (Lipinski definition) is 1. The lowest BCUT2D eigenvalue weighted by Crippen LogP contribution is -2.36. The minimum atomic E-state index is -0.120. The normalized spacial score (nSPS) is 15.2. The van der Waals surface area contributed by atoms with Crippen molar-refractivity contribution in [1.29, 1.82) is 0 Å². The second-order valence-corrected chi connectivity index (χ2v) is 9.04. The highest BCUT2D eigenvalue weighted by molar-refractivity contribution is 8.14. The first-order valence-corrected chi connectivity index (χ1v) is 11.5. The first kappa shape index (κ1) is 20.7. The van der Waals surface area contributed by atoms with Gasteiger partial charge in [0.25, 0.3) is 5.24 Å². The number of amides is 1.